The van der Waals surface area contributed by atoms with Gasteiger partial charge in [0.1, 0.15) is 11.4 Å². The first-order chi connectivity index (χ1) is 21.8. The van der Waals surface area contributed by atoms with Crippen LogP contribution >= 0.6 is 11.6 Å². The van der Waals surface area contributed by atoms with Gasteiger partial charge in [-0.2, -0.15) is 5.10 Å². The van der Waals surface area contributed by atoms with E-state index in [1.54, 1.807) is 0 Å². The molecular weight excluding hydrogens is 586 g/mol. The van der Waals surface area contributed by atoms with Crippen LogP contribution in [0.2, 0.25) is 5.02 Å². The monoisotopic (exact) mass is 625 g/mol. The molecule has 1 spiro atoms. The van der Waals surface area contributed by atoms with Gasteiger partial charge in [0.2, 0.25) is 0 Å². The van der Waals surface area contributed by atoms with Crippen molar-refractivity contribution in [2.75, 3.05) is 32.8 Å². The molecule has 1 saturated carbocycles. The number of benzene rings is 3. The van der Waals surface area contributed by atoms with Gasteiger partial charge in [-0.05, 0) is 62.6 Å². The van der Waals surface area contributed by atoms with Crippen molar-refractivity contribution in [3.63, 3.8) is 0 Å². The number of rotatable bonds is 10. The minimum Gasteiger partial charge on any atom is -0.493 e. The van der Waals surface area contributed by atoms with Gasteiger partial charge in [0.15, 0.2) is 0 Å². The number of hydrogen-bond donors (Lipinski definition) is 2. The lowest BCUT2D eigenvalue weighted by molar-refractivity contribution is 0.0681. The number of aromatic nitrogens is 3. The summed E-state index contributed by atoms with van der Waals surface area (Å²) in [5.74, 6) is -0.0741. The largest absolute Gasteiger partial charge is 0.493 e. The standard InChI is InChI=1S/C36H40ClN5O3/c1-23-31(24(2)40(3)39-23)32-29(37)14-13-28-27(11-7-21-45-30-12-6-9-25-8-4-5-10-26(25)30)34(35(43)44)42(33(28)32)20-19-41-18-17-38-22-36(41)15-16-36/h4-6,8-10,12-14,38H,7,11,15-22H2,1-3H3,(H,43,44). The van der Waals surface area contributed by atoms with Gasteiger partial charge in [0, 0.05) is 72.9 Å². The van der Waals surface area contributed by atoms with Crippen LogP contribution in [0.1, 0.15) is 46.7 Å². The SMILES string of the molecule is Cc1nn(C)c(C)c1-c1c(Cl)ccc2c(CCCOc3cccc4ccccc34)c(C(=O)O)n(CCN3CCNCC34CC4)c12. The molecule has 7 rings (SSSR count). The number of aryl methyl sites for hydroxylation is 3. The van der Waals surface area contributed by atoms with E-state index < -0.39 is 5.97 Å². The number of aromatic carboxylic acids is 1. The number of carboxylic acids is 1. The smallest absolute Gasteiger partial charge is 0.352 e. The van der Waals surface area contributed by atoms with E-state index in [1.165, 1.54) is 12.8 Å². The van der Waals surface area contributed by atoms with Crippen molar-refractivity contribution in [1.29, 1.82) is 0 Å². The molecule has 1 aliphatic heterocycles. The highest BCUT2D eigenvalue weighted by Crippen LogP contribution is 2.44. The van der Waals surface area contributed by atoms with Crippen LogP contribution in [-0.4, -0.2) is 68.6 Å². The van der Waals surface area contributed by atoms with E-state index in [0.717, 1.165) is 81.7 Å². The highest BCUT2D eigenvalue weighted by Gasteiger charge is 2.48. The van der Waals surface area contributed by atoms with Gasteiger partial charge in [-0.25, -0.2) is 4.79 Å². The Labute approximate surface area is 268 Å². The third-order valence-corrected chi connectivity index (χ3v) is 10.2. The quantitative estimate of drug-likeness (QED) is 0.170. The zero-order valence-electron chi connectivity index (χ0n) is 26.2. The van der Waals surface area contributed by atoms with E-state index in [2.05, 4.69) is 33.5 Å². The fourth-order valence-corrected chi connectivity index (χ4v) is 7.68. The molecule has 3 heterocycles. The minimum atomic E-state index is -0.917. The van der Waals surface area contributed by atoms with Gasteiger partial charge in [0.05, 0.1) is 22.8 Å². The number of fused-ring (bicyclic) bond motifs is 2. The number of nitrogens with one attached hydrogen (secondary N) is 1. The number of carboxylic acid groups (broad SMARTS) is 1. The number of piperazine rings is 1. The molecule has 0 amide bonds. The van der Waals surface area contributed by atoms with Gasteiger partial charge < -0.3 is 19.7 Å². The predicted molar refractivity (Wildman–Crippen MR) is 180 cm³/mol. The van der Waals surface area contributed by atoms with Crippen molar-refractivity contribution < 1.29 is 14.6 Å². The molecule has 0 unspecified atom stereocenters. The second-order valence-corrected chi connectivity index (χ2v) is 13.0. The Kier molecular flexibility index (Phi) is 7.84. The van der Waals surface area contributed by atoms with Crippen LogP contribution in [0.4, 0.5) is 0 Å². The van der Waals surface area contributed by atoms with Crippen LogP contribution in [0.15, 0.2) is 54.6 Å². The van der Waals surface area contributed by atoms with Crippen molar-refractivity contribution in [1.82, 2.24) is 24.6 Å². The van der Waals surface area contributed by atoms with Gasteiger partial charge in [0.25, 0.3) is 0 Å². The summed E-state index contributed by atoms with van der Waals surface area (Å²) in [5, 5.41) is 22.8. The summed E-state index contributed by atoms with van der Waals surface area (Å²) in [6, 6.07) is 18.2. The molecule has 45 heavy (non-hydrogen) atoms. The average Bonchev–Trinajstić information content (AvgIpc) is 3.66. The Morgan fingerprint density at radius 2 is 1.84 bits per heavy atom. The summed E-state index contributed by atoms with van der Waals surface area (Å²) in [6.45, 7) is 8.78. The molecule has 8 nitrogen and oxygen atoms in total. The summed E-state index contributed by atoms with van der Waals surface area (Å²) in [5.41, 5.74) is 5.96. The molecule has 234 valence electrons. The van der Waals surface area contributed by atoms with Crippen LogP contribution in [0, 0.1) is 13.8 Å². The van der Waals surface area contributed by atoms with Gasteiger partial charge >= 0.3 is 5.97 Å². The lowest BCUT2D eigenvalue weighted by Crippen LogP contribution is -2.53. The molecular formula is C36H40ClN5O3. The van der Waals surface area contributed by atoms with Gasteiger partial charge in [-0.15, -0.1) is 0 Å². The van der Waals surface area contributed by atoms with Crippen LogP contribution < -0.4 is 10.1 Å². The number of nitrogens with zero attached hydrogens (tertiary/aromatic N) is 4. The topological polar surface area (TPSA) is 84.5 Å². The molecule has 2 N–H and O–H groups in total. The maximum Gasteiger partial charge on any atom is 0.352 e. The third kappa shape index (κ3) is 5.29. The highest BCUT2D eigenvalue weighted by atomic mass is 35.5. The highest BCUT2D eigenvalue weighted by molar-refractivity contribution is 6.35. The van der Waals surface area contributed by atoms with E-state index in [-0.39, 0.29) is 5.54 Å². The van der Waals surface area contributed by atoms with Crippen LogP contribution in [0.5, 0.6) is 5.75 Å². The predicted octanol–water partition coefficient (Wildman–Crippen LogP) is 6.61. The van der Waals surface area contributed by atoms with Crippen molar-refractivity contribution >= 4 is 39.2 Å². The maximum absolute atomic E-state index is 13.1. The summed E-state index contributed by atoms with van der Waals surface area (Å²) in [6.07, 6.45) is 3.61. The fourth-order valence-electron chi connectivity index (χ4n) is 7.43. The van der Waals surface area contributed by atoms with E-state index in [1.807, 2.05) is 66.5 Å². The van der Waals surface area contributed by atoms with E-state index in [4.69, 9.17) is 16.3 Å². The summed E-state index contributed by atoms with van der Waals surface area (Å²) in [4.78, 5) is 15.7. The number of halogens is 1. The Balaban J connectivity index is 1.28. The summed E-state index contributed by atoms with van der Waals surface area (Å²) >= 11 is 7.01. The Morgan fingerprint density at radius 1 is 1.04 bits per heavy atom. The molecule has 9 heteroatoms. The molecule has 1 saturated heterocycles. The van der Waals surface area contributed by atoms with Crippen molar-refractivity contribution in [3.05, 3.63) is 82.3 Å². The zero-order valence-corrected chi connectivity index (χ0v) is 27.0. The molecule has 5 aromatic rings. The number of ether oxygens (including phenoxy) is 1. The van der Waals surface area contributed by atoms with E-state index >= 15 is 0 Å². The zero-order chi connectivity index (χ0) is 31.3. The molecule has 2 fully saturated rings. The molecule has 0 radical (unpaired) electrons. The number of hydrogen-bond acceptors (Lipinski definition) is 5. The first kappa shape index (κ1) is 29.8. The Hall–Kier alpha value is -3.85. The van der Waals surface area contributed by atoms with Crippen molar-refractivity contribution in [2.45, 2.75) is 51.6 Å². The normalized spacial score (nSPS) is 16.2. The molecule has 3 aromatic carbocycles. The van der Waals surface area contributed by atoms with Crippen LogP contribution in [0.25, 0.3) is 32.8 Å². The second-order valence-electron chi connectivity index (χ2n) is 12.6. The van der Waals surface area contributed by atoms with Gasteiger partial charge in [-0.1, -0.05) is 54.1 Å². The van der Waals surface area contributed by atoms with Crippen molar-refractivity contribution in [2.24, 2.45) is 7.05 Å². The Bertz CT molecular complexity index is 1920. The Morgan fingerprint density at radius 3 is 2.60 bits per heavy atom. The minimum absolute atomic E-state index is 0.212. The van der Waals surface area contributed by atoms with E-state index in [9.17, 15) is 9.90 Å². The maximum atomic E-state index is 13.1. The first-order valence-corrected chi connectivity index (χ1v) is 16.3. The fraction of sp³-hybridized carbons (Fsp3) is 0.389. The van der Waals surface area contributed by atoms with Crippen LogP contribution in [0.3, 0.4) is 0 Å². The molecule has 0 atom stereocenters. The number of carbonyl (C=O) groups is 1. The lowest BCUT2D eigenvalue weighted by Gasteiger charge is -2.37. The van der Waals surface area contributed by atoms with E-state index in [0.29, 0.717) is 36.7 Å². The second kappa shape index (κ2) is 11.8. The summed E-state index contributed by atoms with van der Waals surface area (Å²) in [7, 11) is 1.93. The molecule has 2 aliphatic rings. The first-order valence-electron chi connectivity index (χ1n) is 15.9. The molecule has 1 aliphatic carbocycles. The third-order valence-electron chi connectivity index (χ3n) is 9.92. The molecule has 0 bridgehead atoms. The average molecular weight is 626 g/mol. The van der Waals surface area contributed by atoms with Gasteiger partial charge in [-0.3, -0.25) is 9.58 Å². The van der Waals surface area contributed by atoms with Crippen LogP contribution in [-0.2, 0) is 20.0 Å². The lowest BCUT2D eigenvalue weighted by atomic mass is 9.98. The van der Waals surface area contributed by atoms with Crippen molar-refractivity contribution in [3.8, 4) is 16.9 Å². The molecule has 2 aromatic heterocycles. The summed E-state index contributed by atoms with van der Waals surface area (Å²) < 4.78 is 10.2.